The highest BCUT2D eigenvalue weighted by Gasteiger charge is 2.19. The summed E-state index contributed by atoms with van der Waals surface area (Å²) in [4.78, 5) is 15.5. The minimum Gasteiger partial charge on any atom is -0.368 e. The maximum absolute atomic E-state index is 10.6. The van der Waals surface area contributed by atoms with Crippen molar-refractivity contribution in [3.8, 4) is 0 Å². The zero-order valence-electron chi connectivity index (χ0n) is 7.37. The normalized spacial score (nSPS) is 24.3. The fraction of sp³-hybridized carbons (Fsp3) is 0.857. The van der Waals surface area contributed by atoms with Gasteiger partial charge in [-0.25, -0.2) is 0 Å². The van der Waals surface area contributed by atoms with Gasteiger partial charge in [0.25, 0.3) is 0 Å². The fourth-order valence-electron chi connectivity index (χ4n) is 1.12. The second-order valence-corrected chi connectivity index (χ2v) is 2.78. The summed E-state index contributed by atoms with van der Waals surface area (Å²) in [5.41, 5.74) is 0. The summed E-state index contributed by atoms with van der Waals surface area (Å²) >= 11 is 0. The lowest BCUT2D eigenvalue weighted by Gasteiger charge is -2.31. The highest BCUT2D eigenvalue weighted by Crippen LogP contribution is 2.02. The summed E-state index contributed by atoms with van der Waals surface area (Å²) in [6.07, 6.45) is 0. The van der Waals surface area contributed by atoms with Crippen LogP contribution < -0.4 is 5.32 Å². The minimum absolute atomic E-state index is 0. The molecule has 1 aliphatic heterocycles. The standard InChI is InChI=1S/C7H14N2O2.ClH/c1-6-5-8-3-4-9(6)11-7(2)10;/h6,8H,3-5H2,1-2H3;1H. The maximum atomic E-state index is 10.6. The van der Waals surface area contributed by atoms with Gasteiger partial charge in [0.05, 0.1) is 6.04 Å². The van der Waals surface area contributed by atoms with E-state index in [0.29, 0.717) is 0 Å². The summed E-state index contributed by atoms with van der Waals surface area (Å²) in [6, 6.07) is 0.285. The van der Waals surface area contributed by atoms with Crippen molar-refractivity contribution in [2.75, 3.05) is 19.6 Å². The third-order valence-corrected chi connectivity index (χ3v) is 1.69. The first-order valence-electron chi connectivity index (χ1n) is 3.86. The van der Waals surface area contributed by atoms with Crippen LogP contribution in [0.4, 0.5) is 0 Å². The van der Waals surface area contributed by atoms with Crippen molar-refractivity contribution in [3.63, 3.8) is 0 Å². The second kappa shape index (κ2) is 5.35. The molecule has 12 heavy (non-hydrogen) atoms. The Morgan fingerprint density at radius 3 is 2.83 bits per heavy atom. The van der Waals surface area contributed by atoms with E-state index in [2.05, 4.69) is 5.32 Å². The predicted molar refractivity (Wildman–Crippen MR) is 48.1 cm³/mol. The molecule has 1 aliphatic rings. The lowest BCUT2D eigenvalue weighted by Crippen LogP contribution is -2.50. The molecule has 1 N–H and O–H groups in total. The van der Waals surface area contributed by atoms with Gasteiger partial charge in [0.15, 0.2) is 0 Å². The number of nitrogens with zero attached hydrogens (tertiary/aromatic N) is 1. The molecule has 1 atom stereocenters. The SMILES string of the molecule is CC(=O)ON1CCNCC1C.Cl. The van der Waals surface area contributed by atoms with Gasteiger partial charge in [0.1, 0.15) is 0 Å². The van der Waals surface area contributed by atoms with E-state index in [0.717, 1.165) is 19.6 Å². The molecular formula is C7H15ClN2O2. The highest BCUT2D eigenvalue weighted by atomic mass is 35.5. The second-order valence-electron chi connectivity index (χ2n) is 2.78. The Morgan fingerprint density at radius 2 is 2.33 bits per heavy atom. The molecule has 1 saturated heterocycles. The number of hydrogen-bond donors (Lipinski definition) is 1. The van der Waals surface area contributed by atoms with Crippen molar-refractivity contribution in [2.45, 2.75) is 19.9 Å². The third-order valence-electron chi connectivity index (χ3n) is 1.69. The smallest absolute Gasteiger partial charge is 0.322 e. The van der Waals surface area contributed by atoms with E-state index < -0.39 is 0 Å². The molecule has 0 aromatic rings. The van der Waals surface area contributed by atoms with Gasteiger partial charge in [-0.3, -0.25) is 4.79 Å². The Labute approximate surface area is 78.6 Å². The Balaban J connectivity index is 0.00000121. The maximum Gasteiger partial charge on any atom is 0.322 e. The highest BCUT2D eigenvalue weighted by molar-refractivity contribution is 5.85. The van der Waals surface area contributed by atoms with Crippen LogP contribution in [-0.4, -0.2) is 36.7 Å². The van der Waals surface area contributed by atoms with Crippen molar-refractivity contribution >= 4 is 18.4 Å². The average molecular weight is 195 g/mol. The molecule has 4 nitrogen and oxygen atoms in total. The molecule has 0 bridgehead atoms. The van der Waals surface area contributed by atoms with Gasteiger partial charge in [-0.05, 0) is 6.92 Å². The molecule has 0 saturated carbocycles. The number of hydrogen-bond acceptors (Lipinski definition) is 4. The Bertz CT molecular complexity index is 154. The molecule has 0 aromatic heterocycles. The van der Waals surface area contributed by atoms with E-state index >= 15 is 0 Å². The molecule has 1 fully saturated rings. The van der Waals surface area contributed by atoms with Crippen LogP contribution >= 0.6 is 12.4 Å². The molecule has 0 aliphatic carbocycles. The van der Waals surface area contributed by atoms with E-state index in [1.165, 1.54) is 6.92 Å². The molecule has 0 spiro atoms. The largest absolute Gasteiger partial charge is 0.368 e. The molecule has 0 amide bonds. The number of nitrogens with one attached hydrogen (secondary N) is 1. The molecular weight excluding hydrogens is 180 g/mol. The summed E-state index contributed by atoms with van der Waals surface area (Å²) < 4.78 is 0. The lowest BCUT2D eigenvalue weighted by molar-refractivity contribution is -0.201. The minimum atomic E-state index is -0.237. The first kappa shape index (κ1) is 11.7. The van der Waals surface area contributed by atoms with Gasteiger partial charge in [-0.1, -0.05) is 0 Å². The number of halogens is 1. The van der Waals surface area contributed by atoms with Crippen LogP contribution in [0.3, 0.4) is 0 Å². The summed E-state index contributed by atoms with van der Waals surface area (Å²) in [5, 5.41) is 4.93. The van der Waals surface area contributed by atoms with Gasteiger partial charge in [-0.2, -0.15) is 0 Å². The molecule has 1 heterocycles. The van der Waals surface area contributed by atoms with Crippen LogP contribution in [0, 0.1) is 0 Å². The van der Waals surface area contributed by atoms with Gasteiger partial charge in [0.2, 0.25) is 0 Å². The molecule has 0 aromatic carbocycles. The quantitative estimate of drug-likeness (QED) is 0.647. The van der Waals surface area contributed by atoms with Gasteiger partial charge >= 0.3 is 5.97 Å². The molecule has 0 radical (unpaired) electrons. The molecule has 1 rings (SSSR count). The van der Waals surface area contributed by atoms with Gasteiger partial charge in [-0.15, -0.1) is 17.5 Å². The third kappa shape index (κ3) is 3.38. The van der Waals surface area contributed by atoms with Crippen molar-refractivity contribution in [2.24, 2.45) is 0 Å². The predicted octanol–water partition coefficient (Wildman–Crippen LogP) is 0.180. The summed E-state index contributed by atoms with van der Waals surface area (Å²) in [5.74, 6) is -0.237. The Kier molecular flexibility index (Phi) is 5.20. The number of hydroxylamine groups is 2. The van der Waals surface area contributed by atoms with Crippen LogP contribution in [0.5, 0.6) is 0 Å². The Morgan fingerprint density at radius 1 is 1.67 bits per heavy atom. The van der Waals surface area contributed by atoms with E-state index in [4.69, 9.17) is 4.84 Å². The van der Waals surface area contributed by atoms with Crippen LogP contribution in [0.2, 0.25) is 0 Å². The Hall–Kier alpha value is -0.320. The van der Waals surface area contributed by atoms with E-state index in [1.807, 2.05) is 6.92 Å². The van der Waals surface area contributed by atoms with Gasteiger partial charge in [0, 0.05) is 26.6 Å². The van der Waals surface area contributed by atoms with Crippen molar-refractivity contribution in [1.82, 2.24) is 10.4 Å². The van der Waals surface area contributed by atoms with Crippen molar-refractivity contribution in [1.29, 1.82) is 0 Å². The number of piperazine rings is 1. The van der Waals surface area contributed by atoms with Crippen LogP contribution in [0.25, 0.3) is 0 Å². The first-order chi connectivity index (χ1) is 5.20. The summed E-state index contributed by atoms with van der Waals surface area (Å²) in [6.45, 7) is 6.00. The molecule has 72 valence electrons. The number of rotatable bonds is 1. The number of carbonyl (C=O) groups is 1. The van der Waals surface area contributed by atoms with Gasteiger partial charge < -0.3 is 10.2 Å². The monoisotopic (exact) mass is 194 g/mol. The van der Waals surface area contributed by atoms with Crippen LogP contribution in [-0.2, 0) is 9.63 Å². The molecule has 1 unspecified atom stereocenters. The lowest BCUT2D eigenvalue weighted by atomic mass is 10.3. The first-order valence-corrected chi connectivity index (χ1v) is 3.86. The summed E-state index contributed by atoms with van der Waals surface area (Å²) in [7, 11) is 0. The van der Waals surface area contributed by atoms with E-state index in [-0.39, 0.29) is 24.4 Å². The van der Waals surface area contributed by atoms with Crippen molar-refractivity contribution < 1.29 is 9.63 Å². The van der Waals surface area contributed by atoms with E-state index in [9.17, 15) is 4.79 Å². The zero-order valence-corrected chi connectivity index (χ0v) is 8.19. The van der Waals surface area contributed by atoms with E-state index in [1.54, 1.807) is 5.06 Å². The van der Waals surface area contributed by atoms with Crippen LogP contribution in [0.1, 0.15) is 13.8 Å². The van der Waals surface area contributed by atoms with Crippen molar-refractivity contribution in [3.05, 3.63) is 0 Å². The van der Waals surface area contributed by atoms with Crippen LogP contribution in [0.15, 0.2) is 0 Å². The topological polar surface area (TPSA) is 41.6 Å². The average Bonchev–Trinajstić information content (AvgIpc) is 1.93. The molecule has 5 heteroatoms. The fourth-order valence-corrected chi connectivity index (χ4v) is 1.12. The number of carbonyl (C=O) groups excluding carboxylic acids is 1. The zero-order chi connectivity index (χ0) is 8.27.